The fraction of sp³-hybridized carbons (Fsp3) is 0.500. The standard InChI is InChI=1S/C30H36Cl2N4O2/c31-25-5-3-6-26(32)28(25)21-8-12-34(13-9-21)20-24-23-4-1-2-7-27(23)33-29(24)30(37)36-14-10-22(11-15-36)35-16-18-38-19-17-35/h1-7,21-22,33H,8-20H2. The summed E-state index contributed by atoms with van der Waals surface area (Å²) in [6.07, 6.45) is 4.06. The number of carbonyl (C=O) groups is 1. The van der Waals surface area contributed by atoms with Crippen LogP contribution in [-0.4, -0.2) is 84.1 Å². The number of likely N-dealkylation sites (tertiary alicyclic amines) is 2. The van der Waals surface area contributed by atoms with E-state index in [-0.39, 0.29) is 5.91 Å². The van der Waals surface area contributed by atoms with Crippen molar-refractivity contribution >= 4 is 40.0 Å². The first-order chi connectivity index (χ1) is 18.6. The van der Waals surface area contributed by atoms with Crippen LogP contribution in [0.5, 0.6) is 0 Å². The number of hydrogen-bond acceptors (Lipinski definition) is 4. The van der Waals surface area contributed by atoms with E-state index in [1.54, 1.807) is 0 Å². The number of nitrogens with one attached hydrogen (secondary N) is 1. The van der Waals surface area contributed by atoms with Crippen molar-refractivity contribution in [3.63, 3.8) is 0 Å². The average molecular weight is 556 g/mol. The van der Waals surface area contributed by atoms with E-state index in [1.165, 1.54) is 0 Å². The van der Waals surface area contributed by atoms with Crippen LogP contribution in [0.25, 0.3) is 10.9 Å². The van der Waals surface area contributed by atoms with E-state index in [0.717, 1.165) is 122 Å². The van der Waals surface area contributed by atoms with Gasteiger partial charge in [0.1, 0.15) is 5.69 Å². The molecule has 1 amide bonds. The third-order valence-corrected chi connectivity index (χ3v) is 9.38. The molecule has 4 heterocycles. The predicted molar refractivity (Wildman–Crippen MR) is 153 cm³/mol. The monoisotopic (exact) mass is 554 g/mol. The molecule has 0 atom stereocenters. The lowest BCUT2D eigenvalue weighted by Gasteiger charge is -2.40. The molecule has 38 heavy (non-hydrogen) atoms. The molecule has 1 N–H and O–H groups in total. The maximum Gasteiger partial charge on any atom is 0.270 e. The minimum Gasteiger partial charge on any atom is -0.379 e. The van der Waals surface area contributed by atoms with E-state index in [0.29, 0.717) is 12.0 Å². The third-order valence-electron chi connectivity index (χ3n) is 8.72. The third kappa shape index (κ3) is 5.34. The summed E-state index contributed by atoms with van der Waals surface area (Å²) < 4.78 is 5.52. The second-order valence-electron chi connectivity index (χ2n) is 10.9. The highest BCUT2D eigenvalue weighted by Gasteiger charge is 2.31. The Bertz CT molecular complexity index is 1250. The molecular weight excluding hydrogens is 519 g/mol. The average Bonchev–Trinajstić information content (AvgIpc) is 3.32. The second-order valence-corrected chi connectivity index (χ2v) is 11.7. The molecule has 2 aromatic carbocycles. The Morgan fingerprint density at radius 2 is 1.55 bits per heavy atom. The lowest BCUT2D eigenvalue weighted by Crippen LogP contribution is -2.50. The van der Waals surface area contributed by atoms with Gasteiger partial charge in [0.05, 0.1) is 13.2 Å². The number of ether oxygens (including phenoxy) is 1. The Balaban J connectivity index is 1.15. The van der Waals surface area contributed by atoms with Crippen molar-refractivity contribution in [1.82, 2.24) is 19.7 Å². The van der Waals surface area contributed by atoms with Gasteiger partial charge in [-0.1, -0.05) is 47.5 Å². The summed E-state index contributed by atoms with van der Waals surface area (Å²) in [5.41, 5.74) is 3.99. The van der Waals surface area contributed by atoms with E-state index in [2.05, 4.69) is 37.9 Å². The van der Waals surface area contributed by atoms with Gasteiger partial charge in [0.25, 0.3) is 5.91 Å². The Labute approximate surface area is 234 Å². The maximum atomic E-state index is 13.8. The number of morpholine rings is 1. The molecule has 3 aliphatic rings. The zero-order valence-electron chi connectivity index (χ0n) is 21.8. The number of nitrogens with zero attached hydrogens (tertiary/aromatic N) is 3. The first kappa shape index (κ1) is 26.1. The van der Waals surface area contributed by atoms with Gasteiger partial charge in [-0.2, -0.15) is 0 Å². The van der Waals surface area contributed by atoms with Gasteiger partial charge in [-0.15, -0.1) is 0 Å². The fourth-order valence-electron chi connectivity index (χ4n) is 6.59. The summed E-state index contributed by atoms with van der Waals surface area (Å²) in [4.78, 5) is 24.4. The van der Waals surface area contributed by atoms with Crippen molar-refractivity contribution in [3.05, 3.63) is 69.3 Å². The Hall–Kier alpha value is -2.09. The van der Waals surface area contributed by atoms with Gasteiger partial charge in [-0.25, -0.2) is 0 Å². The highest BCUT2D eigenvalue weighted by molar-refractivity contribution is 6.36. The summed E-state index contributed by atoms with van der Waals surface area (Å²) in [6.45, 7) is 7.92. The van der Waals surface area contributed by atoms with Crippen molar-refractivity contribution in [2.45, 2.75) is 44.2 Å². The molecule has 6 rings (SSSR count). The minimum atomic E-state index is 0.134. The summed E-state index contributed by atoms with van der Waals surface area (Å²) in [7, 11) is 0. The molecule has 3 fully saturated rings. The van der Waals surface area contributed by atoms with E-state index in [4.69, 9.17) is 27.9 Å². The van der Waals surface area contributed by atoms with Gasteiger partial charge in [0, 0.05) is 65.3 Å². The van der Waals surface area contributed by atoms with Crippen LogP contribution in [0.1, 0.15) is 53.2 Å². The SMILES string of the molecule is O=C(c1[nH]c2ccccc2c1CN1CCC(c2c(Cl)cccc2Cl)CC1)N1CCC(N2CCOCC2)CC1. The summed E-state index contributed by atoms with van der Waals surface area (Å²) in [5.74, 6) is 0.499. The van der Waals surface area contributed by atoms with Gasteiger partial charge in [-0.3, -0.25) is 14.6 Å². The molecule has 0 aliphatic carbocycles. The molecule has 202 valence electrons. The van der Waals surface area contributed by atoms with Crippen molar-refractivity contribution in [2.75, 3.05) is 52.5 Å². The Morgan fingerprint density at radius 3 is 2.26 bits per heavy atom. The van der Waals surface area contributed by atoms with E-state index >= 15 is 0 Å². The van der Waals surface area contributed by atoms with E-state index in [9.17, 15) is 4.79 Å². The molecular formula is C30H36Cl2N4O2. The number of amides is 1. The second kappa shape index (κ2) is 11.6. The van der Waals surface area contributed by atoms with E-state index in [1.807, 2.05) is 24.3 Å². The van der Waals surface area contributed by atoms with Crippen molar-refractivity contribution < 1.29 is 9.53 Å². The molecule has 0 bridgehead atoms. The number of fused-ring (bicyclic) bond motifs is 1. The molecule has 0 unspecified atom stereocenters. The van der Waals surface area contributed by atoms with Gasteiger partial charge < -0.3 is 14.6 Å². The smallest absolute Gasteiger partial charge is 0.270 e. The van der Waals surface area contributed by atoms with Crippen LogP contribution in [0, 0.1) is 0 Å². The first-order valence-electron chi connectivity index (χ1n) is 14.0. The fourth-order valence-corrected chi connectivity index (χ4v) is 7.29. The summed E-state index contributed by atoms with van der Waals surface area (Å²) in [6, 6.07) is 14.6. The topological polar surface area (TPSA) is 51.8 Å². The number of aromatic nitrogens is 1. The highest BCUT2D eigenvalue weighted by Crippen LogP contribution is 2.38. The van der Waals surface area contributed by atoms with Gasteiger partial charge >= 0.3 is 0 Å². The quantitative estimate of drug-likeness (QED) is 0.433. The molecule has 0 saturated carbocycles. The van der Waals surface area contributed by atoms with Crippen LogP contribution in [0.4, 0.5) is 0 Å². The first-order valence-corrected chi connectivity index (χ1v) is 14.7. The molecule has 3 saturated heterocycles. The maximum absolute atomic E-state index is 13.8. The zero-order valence-corrected chi connectivity index (χ0v) is 23.3. The molecule has 3 aliphatic heterocycles. The van der Waals surface area contributed by atoms with Crippen molar-refractivity contribution in [2.24, 2.45) is 0 Å². The molecule has 6 nitrogen and oxygen atoms in total. The number of H-pyrrole nitrogens is 1. The normalized spacial score (nSPS) is 20.8. The largest absolute Gasteiger partial charge is 0.379 e. The minimum absolute atomic E-state index is 0.134. The number of aromatic amines is 1. The van der Waals surface area contributed by atoms with Crippen LogP contribution in [0.3, 0.4) is 0 Å². The Kier molecular flexibility index (Phi) is 7.96. The zero-order chi connectivity index (χ0) is 26.1. The number of hydrogen-bond donors (Lipinski definition) is 1. The Morgan fingerprint density at radius 1 is 0.868 bits per heavy atom. The predicted octanol–water partition coefficient (Wildman–Crippen LogP) is 5.79. The number of benzene rings is 2. The number of para-hydroxylation sites is 1. The lowest BCUT2D eigenvalue weighted by atomic mass is 9.89. The number of halogens is 2. The molecule has 8 heteroatoms. The molecule has 0 spiro atoms. The summed E-state index contributed by atoms with van der Waals surface area (Å²) in [5, 5.41) is 2.67. The van der Waals surface area contributed by atoms with Crippen LogP contribution in [0.15, 0.2) is 42.5 Å². The van der Waals surface area contributed by atoms with Crippen LogP contribution < -0.4 is 0 Å². The van der Waals surface area contributed by atoms with Crippen molar-refractivity contribution in [3.8, 4) is 0 Å². The molecule has 1 aromatic heterocycles. The highest BCUT2D eigenvalue weighted by atomic mass is 35.5. The van der Waals surface area contributed by atoms with Crippen molar-refractivity contribution in [1.29, 1.82) is 0 Å². The number of rotatable bonds is 5. The number of piperidine rings is 2. The van der Waals surface area contributed by atoms with Crippen LogP contribution in [0.2, 0.25) is 10.0 Å². The van der Waals surface area contributed by atoms with Gasteiger partial charge in [-0.05, 0) is 68.5 Å². The molecule has 3 aromatic rings. The lowest BCUT2D eigenvalue weighted by molar-refractivity contribution is 0.00151. The van der Waals surface area contributed by atoms with E-state index < -0.39 is 0 Å². The van der Waals surface area contributed by atoms with Crippen LogP contribution >= 0.6 is 23.2 Å². The molecule has 0 radical (unpaired) electrons. The summed E-state index contributed by atoms with van der Waals surface area (Å²) >= 11 is 13.0. The van der Waals surface area contributed by atoms with Gasteiger partial charge in [0.15, 0.2) is 0 Å². The van der Waals surface area contributed by atoms with Gasteiger partial charge in [0.2, 0.25) is 0 Å². The number of carbonyl (C=O) groups excluding carboxylic acids is 1. The van der Waals surface area contributed by atoms with Crippen LogP contribution in [-0.2, 0) is 11.3 Å².